The van der Waals surface area contributed by atoms with E-state index in [1.807, 2.05) is 0 Å². The van der Waals surface area contributed by atoms with E-state index in [2.05, 4.69) is 5.32 Å². The molecule has 0 aliphatic rings. The van der Waals surface area contributed by atoms with Crippen molar-refractivity contribution in [3.63, 3.8) is 0 Å². The van der Waals surface area contributed by atoms with Gasteiger partial charge in [-0.25, -0.2) is 0 Å². The van der Waals surface area contributed by atoms with Gasteiger partial charge in [-0.2, -0.15) is 0 Å². The maximum Gasteiger partial charge on any atom is 0.245 e. The Labute approximate surface area is 64.9 Å². The Kier molecular flexibility index (Phi) is 5.32. The third-order valence-electron chi connectivity index (χ3n) is 1.14. The van der Waals surface area contributed by atoms with E-state index in [1.165, 1.54) is 6.08 Å². The van der Waals surface area contributed by atoms with E-state index in [-0.39, 0.29) is 18.7 Å². The minimum atomic E-state index is -0.479. The summed E-state index contributed by atoms with van der Waals surface area (Å²) in [5.74, 6) is 0. The standard InChI is InChI=1S/C6H12N2O3/c1-7-4-2-6(3-5-9)8(10)11/h2,7,9H,3-5H2,1H3/b6-2+. The van der Waals surface area contributed by atoms with Crippen molar-refractivity contribution in [2.24, 2.45) is 0 Å². The van der Waals surface area contributed by atoms with Crippen LogP contribution in [0.1, 0.15) is 6.42 Å². The highest BCUT2D eigenvalue weighted by molar-refractivity contribution is 4.92. The second-order valence-corrected chi connectivity index (χ2v) is 1.98. The van der Waals surface area contributed by atoms with Crippen LogP contribution in [-0.2, 0) is 0 Å². The third kappa shape index (κ3) is 4.46. The molecular formula is C6H12N2O3. The van der Waals surface area contributed by atoms with Crippen molar-refractivity contribution in [3.05, 3.63) is 21.9 Å². The monoisotopic (exact) mass is 160 g/mol. The molecule has 5 heteroatoms. The van der Waals surface area contributed by atoms with Crippen molar-refractivity contribution in [2.75, 3.05) is 20.2 Å². The van der Waals surface area contributed by atoms with Crippen LogP contribution in [0.15, 0.2) is 11.8 Å². The van der Waals surface area contributed by atoms with E-state index < -0.39 is 4.92 Å². The summed E-state index contributed by atoms with van der Waals surface area (Å²) in [6.45, 7) is 0.271. The van der Waals surface area contributed by atoms with Crippen LogP contribution >= 0.6 is 0 Å². The van der Waals surface area contributed by atoms with Gasteiger partial charge in [0.05, 0.1) is 18.0 Å². The molecule has 0 rings (SSSR count). The van der Waals surface area contributed by atoms with Crippen LogP contribution in [0.2, 0.25) is 0 Å². The highest BCUT2D eigenvalue weighted by Crippen LogP contribution is 1.99. The molecule has 0 radical (unpaired) electrons. The Morgan fingerprint density at radius 1 is 1.82 bits per heavy atom. The molecule has 0 heterocycles. The third-order valence-corrected chi connectivity index (χ3v) is 1.14. The average Bonchev–Trinajstić information content (AvgIpc) is 1.97. The molecule has 0 saturated carbocycles. The van der Waals surface area contributed by atoms with Crippen LogP contribution in [0.3, 0.4) is 0 Å². The number of nitro groups is 1. The van der Waals surface area contributed by atoms with Gasteiger partial charge in [0.15, 0.2) is 0 Å². The SMILES string of the molecule is CNC/C=C(\CCO)[N+](=O)[O-]. The summed E-state index contributed by atoms with van der Waals surface area (Å²) in [7, 11) is 1.70. The minimum Gasteiger partial charge on any atom is -0.396 e. The molecule has 0 aromatic heterocycles. The van der Waals surface area contributed by atoms with Crippen molar-refractivity contribution >= 4 is 0 Å². The first-order valence-corrected chi connectivity index (χ1v) is 3.31. The quantitative estimate of drug-likeness (QED) is 0.429. The van der Waals surface area contributed by atoms with Gasteiger partial charge in [-0.15, -0.1) is 0 Å². The summed E-state index contributed by atoms with van der Waals surface area (Å²) in [6.07, 6.45) is 1.56. The number of hydrogen-bond acceptors (Lipinski definition) is 4. The van der Waals surface area contributed by atoms with Gasteiger partial charge in [0.2, 0.25) is 5.70 Å². The largest absolute Gasteiger partial charge is 0.396 e. The minimum absolute atomic E-state index is 0.0573. The van der Waals surface area contributed by atoms with Crippen molar-refractivity contribution in [1.29, 1.82) is 0 Å². The van der Waals surface area contributed by atoms with Gasteiger partial charge in [-0.1, -0.05) is 0 Å². The van der Waals surface area contributed by atoms with Crippen molar-refractivity contribution < 1.29 is 10.0 Å². The normalized spacial score (nSPS) is 11.6. The van der Waals surface area contributed by atoms with Gasteiger partial charge >= 0.3 is 0 Å². The van der Waals surface area contributed by atoms with Gasteiger partial charge < -0.3 is 10.4 Å². The first-order valence-electron chi connectivity index (χ1n) is 3.31. The predicted octanol–water partition coefficient (Wildman–Crippen LogP) is -0.251. The molecule has 0 amide bonds. The Morgan fingerprint density at radius 3 is 2.82 bits per heavy atom. The smallest absolute Gasteiger partial charge is 0.245 e. The number of nitrogens with one attached hydrogen (secondary N) is 1. The van der Waals surface area contributed by atoms with Gasteiger partial charge in [-0.3, -0.25) is 10.1 Å². The summed E-state index contributed by atoms with van der Waals surface area (Å²) in [4.78, 5) is 9.72. The van der Waals surface area contributed by atoms with Crippen LogP contribution in [0.4, 0.5) is 0 Å². The van der Waals surface area contributed by atoms with Gasteiger partial charge in [0.25, 0.3) is 0 Å². The second-order valence-electron chi connectivity index (χ2n) is 1.98. The van der Waals surface area contributed by atoms with Gasteiger partial charge in [-0.05, 0) is 7.05 Å². The fourth-order valence-electron chi connectivity index (χ4n) is 0.602. The first kappa shape index (κ1) is 10.1. The van der Waals surface area contributed by atoms with E-state index >= 15 is 0 Å². The lowest BCUT2D eigenvalue weighted by Gasteiger charge is -1.94. The summed E-state index contributed by atoms with van der Waals surface area (Å²) in [5, 5.41) is 21.4. The average molecular weight is 160 g/mol. The van der Waals surface area contributed by atoms with Crippen molar-refractivity contribution in [2.45, 2.75) is 6.42 Å². The Bertz CT molecular complexity index is 156. The second kappa shape index (κ2) is 5.82. The fraction of sp³-hybridized carbons (Fsp3) is 0.667. The molecule has 0 aromatic rings. The highest BCUT2D eigenvalue weighted by atomic mass is 16.6. The van der Waals surface area contributed by atoms with E-state index in [1.54, 1.807) is 7.05 Å². The van der Waals surface area contributed by atoms with E-state index in [9.17, 15) is 10.1 Å². The maximum absolute atomic E-state index is 10.2. The lowest BCUT2D eigenvalue weighted by atomic mass is 10.3. The summed E-state index contributed by atoms with van der Waals surface area (Å²) >= 11 is 0. The molecule has 0 atom stereocenters. The zero-order chi connectivity index (χ0) is 8.69. The maximum atomic E-state index is 10.2. The molecule has 5 nitrogen and oxygen atoms in total. The highest BCUT2D eigenvalue weighted by Gasteiger charge is 2.07. The van der Waals surface area contributed by atoms with Gasteiger partial charge in [0.1, 0.15) is 0 Å². The summed E-state index contributed by atoms with van der Waals surface area (Å²) < 4.78 is 0. The Balaban J connectivity index is 3.97. The van der Waals surface area contributed by atoms with Crippen LogP contribution in [0, 0.1) is 10.1 Å². The Hall–Kier alpha value is -0.940. The molecule has 0 aromatic carbocycles. The van der Waals surface area contributed by atoms with Crippen LogP contribution in [0.25, 0.3) is 0 Å². The number of hydrogen-bond donors (Lipinski definition) is 2. The van der Waals surface area contributed by atoms with Crippen molar-refractivity contribution in [1.82, 2.24) is 5.32 Å². The van der Waals surface area contributed by atoms with Crippen LogP contribution in [-0.4, -0.2) is 30.2 Å². The molecule has 0 fully saturated rings. The molecule has 11 heavy (non-hydrogen) atoms. The topological polar surface area (TPSA) is 75.4 Å². The molecule has 0 unspecified atom stereocenters. The first-order chi connectivity index (χ1) is 5.22. The summed E-state index contributed by atoms with van der Waals surface area (Å²) in [6, 6.07) is 0. The molecule has 2 N–H and O–H groups in total. The Morgan fingerprint density at radius 2 is 2.45 bits per heavy atom. The van der Waals surface area contributed by atoms with E-state index in [0.717, 1.165) is 0 Å². The zero-order valence-electron chi connectivity index (χ0n) is 6.41. The molecule has 0 aliphatic carbocycles. The summed E-state index contributed by atoms with van der Waals surface area (Å²) in [5.41, 5.74) is 0.0573. The zero-order valence-corrected chi connectivity index (χ0v) is 6.41. The molecular weight excluding hydrogens is 148 g/mol. The van der Waals surface area contributed by atoms with E-state index in [0.29, 0.717) is 6.54 Å². The molecule has 0 saturated heterocycles. The van der Waals surface area contributed by atoms with E-state index in [4.69, 9.17) is 5.11 Å². The van der Waals surface area contributed by atoms with Crippen LogP contribution in [0.5, 0.6) is 0 Å². The predicted molar refractivity (Wildman–Crippen MR) is 40.7 cm³/mol. The van der Waals surface area contributed by atoms with Crippen molar-refractivity contribution in [3.8, 4) is 0 Å². The molecule has 0 aliphatic heterocycles. The molecule has 0 spiro atoms. The number of rotatable bonds is 5. The lowest BCUT2D eigenvalue weighted by molar-refractivity contribution is -0.428. The number of aliphatic hydroxyl groups excluding tert-OH is 1. The number of aliphatic hydroxyl groups is 1. The number of nitrogens with zero attached hydrogens (tertiary/aromatic N) is 1. The molecule has 0 bridgehead atoms. The molecule has 64 valence electrons. The fourth-order valence-corrected chi connectivity index (χ4v) is 0.602. The lowest BCUT2D eigenvalue weighted by Crippen LogP contribution is -2.09. The van der Waals surface area contributed by atoms with Crippen LogP contribution < -0.4 is 5.32 Å². The number of likely N-dealkylation sites (N-methyl/N-ethyl adjacent to an activating group) is 1. The van der Waals surface area contributed by atoms with Gasteiger partial charge in [0, 0.05) is 12.6 Å².